The molecule has 1 aromatic heterocycles. The van der Waals surface area contributed by atoms with Crippen molar-refractivity contribution in [3.05, 3.63) is 42.5 Å². The van der Waals surface area contributed by atoms with Crippen LogP contribution in [-0.2, 0) is 6.42 Å². The van der Waals surface area contributed by atoms with Crippen LogP contribution in [0.1, 0.15) is 5.56 Å². The molecule has 2 rings (SSSR count). The van der Waals surface area contributed by atoms with Crippen molar-refractivity contribution >= 4 is 0 Å². The summed E-state index contributed by atoms with van der Waals surface area (Å²) in [6, 6.07) is 8.24. The molecule has 0 aliphatic rings. The summed E-state index contributed by atoms with van der Waals surface area (Å²) in [5.74, 6) is 0. The molecular formula is C11H14N4. The normalized spacial score (nSPS) is 10.5. The van der Waals surface area contributed by atoms with Gasteiger partial charge < -0.3 is 5.32 Å². The van der Waals surface area contributed by atoms with Gasteiger partial charge in [0, 0.05) is 0 Å². The van der Waals surface area contributed by atoms with Crippen LogP contribution in [0.2, 0.25) is 0 Å². The molecule has 0 spiro atoms. The first-order valence-electron chi connectivity index (χ1n) is 4.99. The monoisotopic (exact) mass is 202 g/mol. The number of hydrogen-bond acceptors (Lipinski definition) is 3. The van der Waals surface area contributed by atoms with Gasteiger partial charge in [0.05, 0.1) is 5.69 Å². The zero-order chi connectivity index (χ0) is 10.5. The van der Waals surface area contributed by atoms with Gasteiger partial charge in [-0.2, -0.15) is 5.10 Å². The predicted molar refractivity (Wildman–Crippen MR) is 59.0 cm³/mol. The summed E-state index contributed by atoms with van der Waals surface area (Å²) < 4.78 is 1.80. The molecule has 0 unspecified atom stereocenters. The third-order valence-corrected chi connectivity index (χ3v) is 2.30. The Morgan fingerprint density at radius 2 is 2.20 bits per heavy atom. The van der Waals surface area contributed by atoms with E-state index in [4.69, 9.17) is 0 Å². The topological polar surface area (TPSA) is 42.7 Å². The molecule has 0 bridgehead atoms. The van der Waals surface area contributed by atoms with Crippen LogP contribution in [0.3, 0.4) is 0 Å². The van der Waals surface area contributed by atoms with Crippen LogP contribution >= 0.6 is 0 Å². The summed E-state index contributed by atoms with van der Waals surface area (Å²) in [6.07, 6.45) is 4.26. The van der Waals surface area contributed by atoms with Gasteiger partial charge in [0.2, 0.25) is 0 Å². The average Bonchev–Trinajstić information content (AvgIpc) is 2.80. The molecular weight excluding hydrogens is 188 g/mol. The van der Waals surface area contributed by atoms with E-state index in [1.54, 1.807) is 17.3 Å². The highest BCUT2D eigenvalue weighted by atomic mass is 15.3. The minimum absolute atomic E-state index is 0.964. The molecule has 78 valence electrons. The van der Waals surface area contributed by atoms with Crippen molar-refractivity contribution in [2.75, 3.05) is 13.6 Å². The van der Waals surface area contributed by atoms with Gasteiger partial charge in [-0.05, 0) is 31.6 Å². The van der Waals surface area contributed by atoms with E-state index in [0.717, 1.165) is 18.7 Å². The lowest BCUT2D eigenvalue weighted by atomic mass is 10.1. The van der Waals surface area contributed by atoms with Crippen molar-refractivity contribution in [3.63, 3.8) is 0 Å². The molecule has 0 aliphatic carbocycles. The lowest BCUT2D eigenvalue weighted by Gasteiger charge is -2.08. The average molecular weight is 202 g/mol. The summed E-state index contributed by atoms with van der Waals surface area (Å²) in [4.78, 5) is 3.96. The number of hydrogen-bond donors (Lipinski definition) is 1. The van der Waals surface area contributed by atoms with E-state index >= 15 is 0 Å². The highest BCUT2D eigenvalue weighted by molar-refractivity contribution is 5.39. The van der Waals surface area contributed by atoms with E-state index in [1.165, 1.54) is 5.56 Å². The molecule has 1 heterocycles. The van der Waals surface area contributed by atoms with Crippen LogP contribution in [0.5, 0.6) is 0 Å². The van der Waals surface area contributed by atoms with E-state index in [0.29, 0.717) is 0 Å². The first kappa shape index (κ1) is 9.86. The van der Waals surface area contributed by atoms with Crippen molar-refractivity contribution in [1.82, 2.24) is 20.1 Å². The van der Waals surface area contributed by atoms with E-state index in [9.17, 15) is 0 Å². The van der Waals surface area contributed by atoms with Crippen molar-refractivity contribution in [2.45, 2.75) is 6.42 Å². The second kappa shape index (κ2) is 4.70. The largest absolute Gasteiger partial charge is 0.319 e. The molecule has 4 nitrogen and oxygen atoms in total. The number of rotatable bonds is 4. The Balaban J connectivity index is 2.30. The minimum Gasteiger partial charge on any atom is -0.319 e. The molecule has 0 fully saturated rings. The molecule has 2 aromatic rings. The van der Waals surface area contributed by atoms with E-state index in [2.05, 4.69) is 27.5 Å². The Hall–Kier alpha value is -1.68. The summed E-state index contributed by atoms with van der Waals surface area (Å²) in [5, 5.41) is 7.28. The third-order valence-electron chi connectivity index (χ3n) is 2.30. The van der Waals surface area contributed by atoms with Gasteiger partial charge in [-0.25, -0.2) is 9.67 Å². The molecule has 4 heteroatoms. The summed E-state index contributed by atoms with van der Waals surface area (Å²) in [5.41, 5.74) is 2.38. The minimum atomic E-state index is 0.964. The van der Waals surface area contributed by atoms with Gasteiger partial charge in [0.15, 0.2) is 0 Å². The van der Waals surface area contributed by atoms with Gasteiger partial charge in [-0.3, -0.25) is 0 Å². The van der Waals surface area contributed by atoms with Gasteiger partial charge in [-0.1, -0.05) is 18.2 Å². The van der Waals surface area contributed by atoms with Gasteiger partial charge in [-0.15, -0.1) is 0 Å². The Morgan fingerprint density at radius 3 is 2.93 bits per heavy atom. The van der Waals surface area contributed by atoms with E-state index < -0.39 is 0 Å². The second-order valence-corrected chi connectivity index (χ2v) is 3.32. The molecule has 0 atom stereocenters. The first-order valence-corrected chi connectivity index (χ1v) is 4.99. The fourth-order valence-electron chi connectivity index (χ4n) is 1.54. The molecule has 15 heavy (non-hydrogen) atoms. The van der Waals surface area contributed by atoms with Crippen molar-refractivity contribution < 1.29 is 0 Å². The number of benzene rings is 1. The number of para-hydroxylation sites is 1. The SMILES string of the molecule is CNCCc1ccccc1-n1cncn1. The predicted octanol–water partition coefficient (Wildman–Crippen LogP) is 1.03. The van der Waals surface area contributed by atoms with Crippen LogP contribution in [0.25, 0.3) is 5.69 Å². The van der Waals surface area contributed by atoms with Crippen LogP contribution in [0, 0.1) is 0 Å². The van der Waals surface area contributed by atoms with E-state index in [1.807, 2.05) is 19.2 Å². The van der Waals surface area contributed by atoms with Gasteiger partial charge >= 0.3 is 0 Å². The van der Waals surface area contributed by atoms with Gasteiger partial charge in [0.25, 0.3) is 0 Å². The fourth-order valence-corrected chi connectivity index (χ4v) is 1.54. The Labute approximate surface area is 89.0 Å². The summed E-state index contributed by atoms with van der Waals surface area (Å²) in [6.45, 7) is 0.964. The summed E-state index contributed by atoms with van der Waals surface area (Å²) in [7, 11) is 1.96. The first-order chi connectivity index (χ1) is 7.42. The van der Waals surface area contributed by atoms with Crippen LogP contribution in [-0.4, -0.2) is 28.4 Å². The van der Waals surface area contributed by atoms with Crippen molar-refractivity contribution in [2.24, 2.45) is 0 Å². The highest BCUT2D eigenvalue weighted by Crippen LogP contribution is 2.12. The van der Waals surface area contributed by atoms with E-state index in [-0.39, 0.29) is 0 Å². The second-order valence-electron chi connectivity index (χ2n) is 3.32. The van der Waals surface area contributed by atoms with Crippen LogP contribution < -0.4 is 5.32 Å². The van der Waals surface area contributed by atoms with Gasteiger partial charge in [0.1, 0.15) is 12.7 Å². The Kier molecular flexibility index (Phi) is 3.09. The Bertz CT molecular complexity index is 408. The lowest BCUT2D eigenvalue weighted by molar-refractivity contribution is 0.777. The molecule has 0 amide bonds. The number of nitrogens with zero attached hydrogens (tertiary/aromatic N) is 3. The van der Waals surface area contributed by atoms with Crippen LogP contribution in [0.4, 0.5) is 0 Å². The van der Waals surface area contributed by atoms with Crippen LogP contribution in [0.15, 0.2) is 36.9 Å². The maximum atomic E-state index is 4.14. The van der Waals surface area contributed by atoms with Crippen molar-refractivity contribution in [1.29, 1.82) is 0 Å². The number of aromatic nitrogens is 3. The van der Waals surface area contributed by atoms with Crippen molar-refractivity contribution in [3.8, 4) is 5.69 Å². The molecule has 0 aliphatic heterocycles. The smallest absolute Gasteiger partial charge is 0.138 e. The fraction of sp³-hybridized carbons (Fsp3) is 0.273. The molecule has 0 saturated heterocycles. The zero-order valence-corrected chi connectivity index (χ0v) is 8.72. The molecule has 0 radical (unpaired) electrons. The molecule has 1 aromatic carbocycles. The standard InChI is InChI=1S/C11H14N4/c1-12-7-6-10-4-2-3-5-11(10)15-9-13-8-14-15/h2-5,8-9,12H,6-7H2,1H3. The zero-order valence-electron chi connectivity index (χ0n) is 8.72. The Morgan fingerprint density at radius 1 is 1.33 bits per heavy atom. The third kappa shape index (κ3) is 2.22. The lowest BCUT2D eigenvalue weighted by Crippen LogP contribution is -2.12. The molecule has 0 saturated carbocycles. The maximum Gasteiger partial charge on any atom is 0.138 e. The molecule has 1 N–H and O–H groups in total. The highest BCUT2D eigenvalue weighted by Gasteiger charge is 2.03. The number of nitrogens with one attached hydrogen (secondary N) is 1. The number of likely N-dealkylation sites (N-methyl/N-ethyl adjacent to an activating group) is 1. The summed E-state index contributed by atoms with van der Waals surface area (Å²) >= 11 is 0. The maximum absolute atomic E-state index is 4.14. The quantitative estimate of drug-likeness (QED) is 0.805.